The van der Waals surface area contributed by atoms with E-state index in [4.69, 9.17) is 5.73 Å². The van der Waals surface area contributed by atoms with E-state index in [9.17, 15) is 19.2 Å². The summed E-state index contributed by atoms with van der Waals surface area (Å²) in [6.07, 6.45) is 3.44. The Morgan fingerprint density at radius 1 is 1.08 bits per heavy atom. The maximum absolute atomic E-state index is 13.0. The lowest BCUT2D eigenvalue weighted by Crippen LogP contribution is -2.38. The van der Waals surface area contributed by atoms with Gasteiger partial charge in [0.25, 0.3) is 11.8 Å². The van der Waals surface area contributed by atoms with Crippen LogP contribution in [0, 0.1) is 0 Å². The third kappa shape index (κ3) is 8.38. The number of nitrogens with zero attached hydrogens (tertiary/aromatic N) is 2. The number of nitrogens with two attached hydrogens (primary N) is 1. The molecule has 4 amide bonds. The molecule has 38 heavy (non-hydrogen) atoms. The van der Waals surface area contributed by atoms with Gasteiger partial charge in [0.15, 0.2) is 0 Å². The zero-order chi connectivity index (χ0) is 27.5. The molecule has 12 heteroatoms. The van der Waals surface area contributed by atoms with Crippen LogP contribution in [0.1, 0.15) is 43.5 Å². The molecule has 2 saturated heterocycles. The van der Waals surface area contributed by atoms with Crippen molar-refractivity contribution < 1.29 is 19.2 Å². The number of rotatable bonds is 13. The Morgan fingerprint density at radius 3 is 2.53 bits per heavy atom. The smallest absolute Gasteiger partial charge is 0.269 e. The standard InChI is InChI=1S/C26H39N7O4S/c1-3-33-25(37)21(38-26(33)22(27)24(36)30-12-11-28-18(2)34)17-31-20-9-6-8-19(16-20)23(35)29-10-7-15-32-13-4-5-14-32/h6,8-9,16,21,31H,3-5,7,10-15,17,27H2,1-2H3,(H,28,34)(H,29,35)(H,30,36)/b26-22+/t21-/m1/s1. The fraction of sp³-hybridized carbons (Fsp3) is 0.538. The highest BCUT2D eigenvalue weighted by Crippen LogP contribution is 2.36. The van der Waals surface area contributed by atoms with Gasteiger partial charge in [0.2, 0.25) is 11.8 Å². The van der Waals surface area contributed by atoms with Gasteiger partial charge in [-0.1, -0.05) is 17.8 Å². The second-order valence-corrected chi connectivity index (χ2v) is 10.5. The van der Waals surface area contributed by atoms with Crippen LogP contribution in [0.2, 0.25) is 0 Å². The minimum absolute atomic E-state index is 0.0288. The van der Waals surface area contributed by atoms with Crippen LogP contribution < -0.4 is 27.0 Å². The van der Waals surface area contributed by atoms with Crippen LogP contribution in [0.3, 0.4) is 0 Å². The molecule has 2 aliphatic rings. The number of hydrogen-bond acceptors (Lipinski definition) is 8. The first-order chi connectivity index (χ1) is 18.3. The molecular formula is C26H39N7O4S. The van der Waals surface area contributed by atoms with Gasteiger partial charge in [-0.3, -0.25) is 19.2 Å². The average Bonchev–Trinajstić information content (AvgIpc) is 3.54. The van der Waals surface area contributed by atoms with E-state index in [2.05, 4.69) is 26.2 Å². The Labute approximate surface area is 228 Å². The van der Waals surface area contributed by atoms with Gasteiger partial charge in [-0.05, 0) is 64.0 Å². The highest BCUT2D eigenvalue weighted by Gasteiger charge is 2.38. The normalized spacial score (nSPS) is 18.8. The minimum Gasteiger partial charge on any atom is -0.392 e. The Bertz CT molecular complexity index is 1040. The molecule has 1 aromatic rings. The summed E-state index contributed by atoms with van der Waals surface area (Å²) in [5.41, 5.74) is 7.35. The summed E-state index contributed by atoms with van der Waals surface area (Å²) in [5.74, 6) is -0.937. The topological polar surface area (TPSA) is 149 Å². The molecule has 0 saturated carbocycles. The van der Waals surface area contributed by atoms with Crippen molar-refractivity contribution in [1.82, 2.24) is 25.8 Å². The Morgan fingerprint density at radius 2 is 1.82 bits per heavy atom. The van der Waals surface area contributed by atoms with Gasteiger partial charge in [-0.15, -0.1) is 0 Å². The van der Waals surface area contributed by atoms with Crippen LogP contribution in [0.5, 0.6) is 0 Å². The van der Waals surface area contributed by atoms with E-state index >= 15 is 0 Å². The summed E-state index contributed by atoms with van der Waals surface area (Å²) in [4.78, 5) is 52.9. The fourth-order valence-electron chi connectivity index (χ4n) is 4.36. The largest absolute Gasteiger partial charge is 0.392 e. The van der Waals surface area contributed by atoms with Crippen molar-refractivity contribution in [2.24, 2.45) is 5.73 Å². The lowest BCUT2D eigenvalue weighted by molar-refractivity contribution is -0.127. The van der Waals surface area contributed by atoms with Gasteiger partial charge in [0, 0.05) is 50.9 Å². The van der Waals surface area contributed by atoms with Gasteiger partial charge < -0.3 is 36.8 Å². The summed E-state index contributed by atoms with van der Waals surface area (Å²) >= 11 is 1.24. The first kappa shape index (κ1) is 29.3. The van der Waals surface area contributed by atoms with E-state index in [-0.39, 0.29) is 36.5 Å². The lowest BCUT2D eigenvalue weighted by atomic mass is 10.2. The van der Waals surface area contributed by atoms with Crippen molar-refractivity contribution in [3.8, 4) is 0 Å². The number of benzene rings is 1. The summed E-state index contributed by atoms with van der Waals surface area (Å²) < 4.78 is 0. The van der Waals surface area contributed by atoms with Gasteiger partial charge >= 0.3 is 0 Å². The van der Waals surface area contributed by atoms with Crippen molar-refractivity contribution >= 4 is 41.1 Å². The van der Waals surface area contributed by atoms with E-state index < -0.39 is 11.2 Å². The van der Waals surface area contributed by atoms with Crippen LogP contribution in [-0.2, 0) is 14.4 Å². The minimum atomic E-state index is -0.489. The molecule has 0 spiro atoms. The highest BCUT2D eigenvalue weighted by molar-refractivity contribution is 8.04. The van der Waals surface area contributed by atoms with Crippen molar-refractivity contribution in [3.05, 3.63) is 40.6 Å². The Balaban J connectivity index is 1.51. The van der Waals surface area contributed by atoms with E-state index in [0.29, 0.717) is 30.2 Å². The molecule has 3 rings (SSSR count). The third-order valence-electron chi connectivity index (χ3n) is 6.37. The highest BCUT2D eigenvalue weighted by atomic mass is 32.2. The molecule has 0 bridgehead atoms. The summed E-state index contributed by atoms with van der Waals surface area (Å²) in [6.45, 7) is 8.35. The van der Waals surface area contributed by atoms with E-state index in [1.807, 2.05) is 13.0 Å². The van der Waals surface area contributed by atoms with Crippen LogP contribution in [0.4, 0.5) is 5.69 Å². The van der Waals surface area contributed by atoms with Gasteiger partial charge in [-0.25, -0.2) is 0 Å². The van der Waals surface area contributed by atoms with Crippen LogP contribution in [0.25, 0.3) is 0 Å². The van der Waals surface area contributed by atoms with Crippen molar-refractivity contribution in [2.75, 3.05) is 57.7 Å². The second-order valence-electron chi connectivity index (χ2n) is 9.27. The monoisotopic (exact) mass is 545 g/mol. The van der Waals surface area contributed by atoms with Crippen LogP contribution in [-0.4, -0.2) is 91.0 Å². The number of nitrogens with one attached hydrogen (secondary N) is 4. The van der Waals surface area contributed by atoms with Gasteiger partial charge in [-0.2, -0.15) is 0 Å². The molecule has 2 fully saturated rings. The number of thioether (sulfide) groups is 1. The molecule has 11 nitrogen and oxygen atoms in total. The molecule has 1 atom stereocenters. The third-order valence-corrected chi connectivity index (χ3v) is 7.68. The molecule has 208 valence electrons. The molecule has 6 N–H and O–H groups in total. The quantitative estimate of drug-likeness (QED) is 0.179. The van der Waals surface area contributed by atoms with E-state index in [1.165, 1.54) is 36.4 Å². The van der Waals surface area contributed by atoms with Gasteiger partial charge in [0.1, 0.15) is 16.0 Å². The zero-order valence-corrected chi connectivity index (χ0v) is 23.0. The SMILES string of the molecule is CCN1C(=O)[C@@H](CNc2cccc(C(=O)NCCCN3CCCC3)c2)S/C1=C(/N)C(=O)NCCNC(C)=O. The van der Waals surface area contributed by atoms with Crippen LogP contribution in [0.15, 0.2) is 35.0 Å². The summed E-state index contributed by atoms with van der Waals surface area (Å²) in [6, 6.07) is 7.18. The summed E-state index contributed by atoms with van der Waals surface area (Å²) in [5, 5.41) is 11.4. The van der Waals surface area contributed by atoms with Crippen molar-refractivity contribution in [2.45, 2.75) is 38.4 Å². The molecule has 0 aromatic heterocycles. The first-order valence-electron chi connectivity index (χ1n) is 13.1. The summed E-state index contributed by atoms with van der Waals surface area (Å²) in [7, 11) is 0. The molecule has 0 unspecified atom stereocenters. The van der Waals surface area contributed by atoms with E-state index in [1.54, 1.807) is 18.2 Å². The molecule has 2 aliphatic heterocycles. The number of anilines is 1. The van der Waals surface area contributed by atoms with E-state index in [0.717, 1.165) is 31.7 Å². The maximum atomic E-state index is 13.0. The Kier molecular flexibility index (Phi) is 11.3. The lowest BCUT2D eigenvalue weighted by Gasteiger charge is -2.16. The number of amides is 4. The molecular weight excluding hydrogens is 506 g/mol. The van der Waals surface area contributed by atoms with Gasteiger partial charge in [0.05, 0.1) is 0 Å². The number of hydrogen-bond donors (Lipinski definition) is 5. The zero-order valence-electron chi connectivity index (χ0n) is 22.2. The number of carbonyl (C=O) groups excluding carboxylic acids is 4. The fourth-order valence-corrected chi connectivity index (χ4v) is 5.59. The first-order valence-corrected chi connectivity index (χ1v) is 14.0. The second kappa shape index (κ2) is 14.6. The Hall–Kier alpha value is -3.25. The molecule has 0 radical (unpaired) electrons. The van der Waals surface area contributed by atoms with Crippen molar-refractivity contribution in [1.29, 1.82) is 0 Å². The predicted octanol–water partition coefficient (Wildman–Crippen LogP) is 0.658. The predicted molar refractivity (Wildman–Crippen MR) is 149 cm³/mol. The number of carbonyl (C=O) groups is 4. The molecule has 0 aliphatic carbocycles. The van der Waals surface area contributed by atoms with Crippen molar-refractivity contribution in [3.63, 3.8) is 0 Å². The molecule has 1 aromatic carbocycles. The van der Waals surface area contributed by atoms with Crippen LogP contribution >= 0.6 is 11.8 Å². The number of likely N-dealkylation sites (tertiary alicyclic amines) is 1. The maximum Gasteiger partial charge on any atom is 0.269 e. The molecule has 2 heterocycles. The average molecular weight is 546 g/mol.